The fraction of sp³-hybridized carbons (Fsp3) is 0.462. The maximum absolute atomic E-state index is 12.1. The van der Waals surface area contributed by atoms with Crippen molar-refractivity contribution >= 4 is 33.4 Å². The van der Waals surface area contributed by atoms with Crippen LogP contribution in [0.3, 0.4) is 0 Å². The van der Waals surface area contributed by atoms with Crippen molar-refractivity contribution in [3.8, 4) is 0 Å². The Bertz CT molecular complexity index is 451. The molecular weight excluding hydrogens is 316 g/mol. The Balaban J connectivity index is 2.91. The molecule has 0 spiro atoms. The molecule has 0 aliphatic carbocycles. The monoisotopic (exact) mass is 332 g/mol. The average molecular weight is 334 g/mol. The van der Waals surface area contributed by atoms with Gasteiger partial charge in [-0.3, -0.25) is 4.79 Å². The molecule has 0 aromatic heterocycles. The Kier molecular flexibility index (Phi) is 5.20. The van der Waals surface area contributed by atoms with Gasteiger partial charge >= 0.3 is 0 Å². The highest BCUT2D eigenvalue weighted by Gasteiger charge is 2.28. The third kappa shape index (κ3) is 3.46. The molecule has 18 heavy (non-hydrogen) atoms. The van der Waals surface area contributed by atoms with Crippen LogP contribution in [0.2, 0.25) is 5.02 Å². The number of nitrogens with two attached hydrogens (primary N) is 1. The number of nitrogens with one attached hydrogen (secondary N) is 1. The normalized spacial score (nSPS) is 14.4. The second-order valence-corrected chi connectivity index (χ2v) is 6.12. The molecule has 1 aromatic rings. The number of halogens is 2. The van der Waals surface area contributed by atoms with Crippen molar-refractivity contribution in [2.75, 3.05) is 6.54 Å². The molecule has 3 N–H and O–H groups in total. The van der Waals surface area contributed by atoms with Crippen molar-refractivity contribution in [2.45, 2.75) is 26.3 Å². The SMILES string of the molecule is CC(C)C(C)(CN)NC(=O)c1ccc(Br)c(Cl)c1. The molecule has 0 saturated carbocycles. The smallest absolute Gasteiger partial charge is 0.251 e. The van der Waals surface area contributed by atoms with Crippen LogP contribution in [0, 0.1) is 5.92 Å². The molecule has 0 saturated heterocycles. The zero-order valence-corrected chi connectivity index (χ0v) is 13.1. The molecule has 5 heteroatoms. The molecule has 3 nitrogen and oxygen atoms in total. The second kappa shape index (κ2) is 6.04. The van der Waals surface area contributed by atoms with E-state index >= 15 is 0 Å². The molecule has 0 aliphatic rings. The van der Waals surface area contributed by atoms with E-state index in [-0.39, 0.29) is 11.8 Å². The van der Waals surface area contributed by atoms with Gasteiger partial charge in [-0.15, -0.1) is 0 Å². The summed E-state index contributed by atoms with van der Waals surface area (Å²) in [4.78, 5) is 12.1. The van der Waals surface area contributed by atoms with E-state index in [1.165, 1.54) is 0 Å². The summed E-state index contributed by atoms with van der Waals surface area (Å²) in [7, 11) is 0. The largest absolute Gasteiger partial charge is 0.345 e. The highest BCUT2D eigenvalue weighted by atomic mass is 79.9. The minimum Gasteiger partial charge on any atom is -0.345 e. The number of hydrogen-bond donors (Lipinski definition) is 2. The van der Waals surface area contributed by atoms with Gasteiger partial charge in [-0.05, 0) is 47.0 Å². The summed E-state index contributed by atoms with van der Waals surface area (Å²) in [6, 6.07) is 5.12. The fourth-order valence-corrected chi connectivity index (χ4v) is 1.83. The summed E-state index contributed by atoms with van der Waals surface area (Å²) in [6.45, 7) is 6.39. The summed E-state index contributed by atoms with van der Waals surface area (Å²) in [5.74, 6) is 0.0865. The van der Waals surface area contributed by atoms with Gasteiger partial charge in [0.25, 0.3) is 5.91 Å². The van der Waals surface area contributed by atoms with Crippen LogP contribution in [0.5, 0.6) is 0 Å². The van der Waals surface area contributed by atoms with E-state index < -0.39 is 5.54 Å². The van der Waals surface area contributed by atoms with Crippen LogP contribution in [0.4, 0.5) is 0 Å². The minimum absolute atomic E-state index is 0.161. The molecule has 1 atom stereocenters. The van der Waals surface area contributed by atoms with Crippen molar-refractivity contribution in [2.24, 2.45) is 11.7 Å². The molecule has 0 heterocycles. The molecule has 0 bridgehead atoms. The topological polar surface area (TPSA) is 55.1 Å². The molecule has 1 rings (SSSR count). The van der Waals surface area contributed by atoms with Crippen molar-refractivity contribution in [1.82, 2.24) is 5.32 Å². The maximum Gasteiger partial charge on any atom is 0.251 e. The number of rotatable bonds is 4. The number of amides is 1. The van der Waals surface area contributed by atoms with Gasteiger partial charge in [-0.1, -0.05) is 25.4 Å². The molecule has 100 valence electrons. The van der Waals surface area contributed by atoms with Crippen LogP contribution in [-0.2, 0) is 0 Å². The van der Waals surface area contributed by atoms with E-state index in [1.807, 2.05) is 20.8 Å². The van der Waals surface area contributed by atoms with E-state index in [0.29, 0.717) is 17.1 Å². The predicted octanol–water partition coefficient (Wildman–Crippen LogP) is 3.21. The highest BCUT2D eigenvalue weighted by Crippen LogP contribution is 2.24. The lowest BCUT2D eigenvalue weighted by Gasteiger charge is -2.33. The quantitative estimate of drug-likeness (QED) is 0.889. The van der Waals surface area contributed by atoms with E-state index in [9.17, 15) is 4.79 Å². The van der Waals surface area contributed by atoms with E-state index in [1.54, 1.807) is 18.2 Å². The van der Waals surface area contributed by atoms with Crippen LogP contribution in [0.1, 0.15) is 31.1 Å². The molecule has 1 amide bonds. The predicted molar refractivity (Wildman–Crippen MR) is 78.9 cm³/mol. The molecule has 1 unspecified atom stereocenters. The first-order valence-electron chi connectivity index (χ1n) is 5.78. The summed E-state index contributed by atoms with van der Waals surface area (Å²) in [5.41, 5.74) is 5.85. The van der Waals surface area contributed by atoms with Crippen molar-refractivity contribution in [1.29, 1.82) is 0 Å². The first-order chi connectivity index (χ1) is 8.30. The zero-order valence-electron chi connectivity index (χ0n) is 10.8. The van der Waals surface area contributed by atoms with E-state index in [0.717, 1.165) is 4.47 Å². The lowest BCUT2D eigenvalue weighted by molar-refractivity contribution is 0.0883. The number of hydrogen-bond acceptors (Lipinski definition) is 2. The molecular formula is C13H18BrClN2O. The van der Waals surface area contributed by atoms with Gasteiger partial charge in [0.1, 0.15) is 0 Å². The number of carbonyl (C=O) groups is 1. The Morgan fingerprint density at radius 3 is 2.61 bits per heavy atom. The van der Waals surface area contributed by atoms with Crippen LogP contribution >= 0.6 is 27.5 Å². The molecule has 0 radical (unpaired) electrons. The number of benzene rings is 1. The second-order valence-electron chi connectivity index (χ2n) is 4.86. The minimum atomic E-state index is -0.420. The lowest BCUT2D eigenvalue weighted by Crippen LogP contribution is -2.55. The first kappa shape index (κ1) is 15.5. The molecule has 0 fully saturated rings. The van der Waals surface area contributed by atoms with E-state index in [2.05, 4.69) is 21.2 Å². The fourth-order valence-electron chi connectivity index (χ4n) is 1.40. The van der Waals surface area contributed by atoms with Gasteiger partial charge in [0.05, 0.1) is 10.6 Å². The Morgan fingerprint density at radius 2 is 2.17 bits per heavy atom. The van der Waals surface area contributed by atoms with Gasteiger partial charge in [-0.25, -0.2) is 0 Å². The zero-order chi connectivity index (χ0) is 13.9. The van der Waals surface area contributed by atoms with Crippen molar-refractivity contribution in [3.63, 3.8) is 0 Å². The summed E-state index contributed by atoms with van der Waals surface area (Å²) in [6.07, 6.45) is 0. The lowest BCUT2D eigenvalue weighted by atomic mass is 9.88. The van der Waals surface area contributed by atoms with Gasteiger partial charge in [0.15, 0.2) is 0 Å². The van der Waals surface area contributed by atoms with Crippen LogP contribution < -0.4 is 11.1 Å². The Morgan fingerprint density at radius 1 is 1.56 bits per heavy atom. The van der Waals surface area contributed by atoms with E-state index in [4.69, 9.17) is 17.3 Å². The molecule has 1 aromatic carbocycles. The third-order valence-corrected chi connectivity index (χ3v) is 4.51. The average Bonchev–Trinajstić information content (AvgIpc) is 2.32. The van der Waals surface area contributed by atoms with Crippen LogP contribution in [-0.4, -0.2) is 18.0 Å². The van der Waals surface area contributed by atoms with Crippen LogP contribution in [0.25, 0.3) is 0 Å². The Hall–Kier alpha value is -0.580. The Labute approximate surface area is 121 Å². The summed E-state index contributed by atoms with van der Waals surface area (Å²) >= 11 is 9.27. The van der Waals surface area contributed by atoms with Gasteiger partial charge in [-0.2, -0.15) is 0 Å². The van der Waals surface area contributed by atoms with Crippen molar-refractivity contribution < 1.29 is 4.79 Å². The van der Waals surface area contributed by atoms with Gasteiger partial charge < -0.3 is 11.1 Å². The maximum atomic E-state index is 12.1. The first-order valence-corrected chi connectivity index (χ1v) is 6.95. The third-order valence-electron chi connectivity index (χ3n) is 3.28. The van der Waals surface area contributed by atoms with Crippen LogP contribution in [0.15, 0.2) is 22.7 Å². The highest BCUT2D eigenvalue weighted by molar-refractivity contribution is 9.10. The molecule has 0 aliphatic heterocycles. The standard InChI is InChI=1S/C13H18BrClN2O/c1-8(2)13(3,7-16)17-12(18)9-4-5-10(14)11(15)6-9/h4-6,8H,7,16H2,1-3H3,(H,17,18). The number of carbonyl (C=O) groups excluding carboxylic acids is 1. The van der Waals surface area contributed by atoms with Crippen molar-refractivity contribution in [3.05, 3.63) is 33.3 Å². The summed E-state index contributed by atoms with van der Waals surface area (Å²) in [5, 5.41) is 3.48. The van der Waals surface area contributed by atoms with Gasteiger partial charge in [0, 0.05) is 16.6 Å². The summed E-state index contributed by atoms with van der Waals surface area (Å²) < 4.78 is 0.770. The van der Waals surface area contributed by atoms with Gasteiger partial charge in [0.2, 0.25) is 0 Å².